The molecule has 0 saturated carbocycles. The molecule has 1 aliphatic heterocycles. The third-order valence-corrected chi connectivity index (χ3v) is 5.46. The minimum atomic E-state index is -0.285. The highest BCUT2D eigenvalue weighted by molar-refractivity contribution is 8.93. The summed E-state index contributed by atoms with van der Waals surface area (Å²) in [5.41, 5.74) is 12.0. The number of rotatable bonds is 5. The van der Waals surface area contributed by atoms with Crippen LogP contribution in [0.25, 0.3) is 0 Å². The summed E-state index contributed by atoms with van der Waals surface area (Å²) in [5, 5.41) is 0. The molecule has 4 nitrogen and oxygen atoms in total. The summed E-state index contributed by atoms with van der Waals surface area (Å²) in [5.74, 6) is -0.285. The zero-order chi connectivity index (χ0) is 20.2. The van der Waals surface area contributed by atoms with Crippen LogP contribution in [0.3, 0.4) is 0 Å². The third-order valence-electron chi connectivity index (χ3n) is 5.46. The number of hydrogen-bond donors (Lipinski definition) is 1. The quantitative estimate of drug-likeness (QED) is 0.544. The van der Waals surface area contributed by atoms with E-state index in [1.54, 1.807) is 0 Å². The number of hydrogen-bond acceptors (Lipinski definition) is 4. The van der Waals surface area contributed by atoms with Crippen molar-refractivity contribution >= 4 is 23.0 Å². The monoisotopic (exact) mass is 466 g/mol. The lowest BCUT2D eigenvalue weighted by atomic mass is 9.85. The Hall–Kier alpha value is -2.47. The first-order valence-corrected chi connectivity index (χ1v) is 10.1. The Morgan fingerprint density at radius 3 is 2.37 bits per heavy atom. The van der Waals surface area contributed by atoms with E-state index < -0.39 is 0 Å². The van der Waals surface area contributed by atoms with Crippen LogP contribution in [0.1, 0.15) is 45.6 Å². The number of nitrogens with zero attached hydrogens (tertiary/aromatic N) is 1. The van der Waals surface area contributed by atoms with Gasteiger partial charge in [0.2, 0.25) is 0 Å². The number of nitrogens with two attached hydrogens (primary N) is 1. The second-order valence-electron chi connectivity index (χ2n) is 7.38. The minimum Gasteiger partial charge on any atom is -0.462 e. The first-order valence-electron chi connectivity index (χ1n) is 10.1. The molecular weight excluding hydrogens is 440 g/mol. The molecule has 0 aliphatic carbocycles. The molecule has 0 saturated heterocycles. The van der Waals surface area contributed by atoms with Crippen LogP contribution in [0, 0.1) is 0 Å². The Morgan fingerprint density at radius 2 is 1.70 bits per heavy atom. The van der Waals surface area contributed by atoms with Gasteiger partial charge >= 0.3 is 5.97 Å². The molecule has 0 amide bonds. The minimum absolute atomic E-state index is 0. The van der Waals surface area contributed by atoms with Crippen LogP contribution in [-0.4, -0.2) is 23.6 Å². The number of ether oxygens (including phenoxy) is 1. The second-order valence-corrected chi connectivity index (χ2v) is 7.38. The van der Waals surface area contributed by atoms with Gasteiger partial charge in [-0.1, -0.05) is 66.7 Å². The molecule has 4 rings (SSSR count). The molecule has 1 heterocycles. The van der Waals surface area contributed by atoms with Crippen molar-refractivity contribution in [3.63, 3.8) is 0 Å². The maximum Gasteiger partial charge on any atom is 0.338 e. The fourth-order valence-electron chi connectivity index (χ4n) is 4.11. The lowest BCUT2D eigenvalue weighted by molar-refractivity contribution is 0.0525. The highest BCUT2D eigenvalue weighted by atomic mass is 79.9. The zero-order valence-electron chi connectivity index (χ0n) is 17.0. The first kappa shape index (κ1) is 22.2. The van der Waals surface area contributed by atoms with Gasteiger partial charge in [-0.05, 0) is 41.3 Å². The van der Waals surface area contributed by atoms with Crippen molar-refractivity contribution < 1.29 is 9.53 Å². The standard InChI is InChI=1S/C25H26N2O2.BrH/c1-2-29-25(28)20-13-14-22-21(15-20)16-23(26)27(17-18-9-5-3-6-10-18)24(22)19-11-7-4-8-12-19;/h3-15,23-24H,2,16-17,26H2,1H3;1H. The predicted octanol–water partition coefficient (Wildman–Crippen LogP) is 4.87. The molecule has 0 spiro atoms. The van der Waals surface area contributed by atoms with Crippen molar-refractivity contribution in [1.29, 1.82) is 0 Å². The topological polar surface area (TPSA) is 55.6 Å². The molecule has 2 unspecified atom stereocenters. The van der Waals surface area contributed by atoms with Crippen LogP contribution < -0.4 is 5.73 Å². The summed E-state index contributed by atoms with van der Waals surface area (Å²) in [4.78, 5) is 14.5. The van der Waals surface area contributed by atoms with Gasteiger partial charge in [-0.3, -0.25) is 4.90 Å². The van der Waals surface area contributed by atoms with Gasteiger partial charge in [0.05, 0.1) is 24.4 Å². The Bertz CT molecular complexity index is 979. The summed E-state index contributed by atoms with van der Waals surface area (Å²) in [6.07, 6.45) is 0.545. The molecular formula is C25H27BrN2O2. The fraction of sp³-hybridized carbons (Fsp3) is 0.240. The van der Waals surface area contributed by atoms with E-state index in [0.717, 1.165) is 12.1 Å². The van der Waals surface area contributed by atoms with Gasteiger partial charge < -0.3 is 10.5 Å². The van der Waals surface area contributed by atoms with E-state index in [0.29, 0.717) is 18.6 Å². The van der Waals surface area contributed by atoms with Gasteiger partial charge in [-0.15, -0.1) is 17.0 Å². The summed E-state index contributed by atoms with van der Waals surface area (Å²) < 4.78 is 5.18. The Morgan fingerprint density at radius 1 is 1.03 bits per heavy atom. The van der Waals surface area contributed by atoms with Crippen LogP contribution >= 0.6 is 17.0 Å². The normalized spacial score (nSPS) is 18.2. The van der Waals surface area contributed by atoms with Crippen LogP contribution in [0.5, 0.6) is 0 Å². The van der Waals surface area contributed by atoms with Gasteiger partial charge in [0, 0.05) is 13.0 Å². The molecule has 3 aromatic rings. The fourth-order valence-corrected chi connectivity index (χ4v) is 4.11. The van der Waals surface area contributed by atoms with Crippen molar-refractivity contribution in [2.24, 2.45) is 5.73 Å². The van der Waals surface area contributed by atoms with Crippen molar-refractivity contribution in [3.05, 3.63) is 107 Å². The molecule has 0 radical (unpaired) electrons. The van der Waals surface area contributed by atoms with Crippen molar-refractivity contribution in [2.75, 3.05) is 6.61 Å². The van der Waals surface area contributed by atoms with Crippen LogP contribution in [-0.2, 0) is 17.7 Å². The molecule has 2 N–H and O–H groups in total. The molecule has 3 aromatic carbocycles. The Labute approximate surface area is 188 Å². The van der Waals surface area contributed by atoms with E-state index in [-0.39, 0.29) is 35.2 Å². The lowest BCUT2D eigenvalue weighted by Gasteiger charge is -2.42. The summed E-state index contributed by atoms with van der Waals surface area (Å²) in [7, 11) is 0. The van der Waals surface area contributed by atoms with Crippen LogP contribution in [0.15, 0.2) is 78.9 Å². The number of benzene rings is 3. The van der Waals surface area contributed by atoms with Gasteiger partial charge in [-0.25, -0.2) is 4.79 Å². The number of carbonyl (C=O) groups is 1. The number of fused-ring (bicyclic) bond motifs is 1. The number of carbonyl (C=O) groups excluding carboxylic acids is 1. The van der Waals surface area contributed by atoms with E-state index in [1.165, 1.54) is 16.7 Å². The van der Waals surface area contributed by atoms with Crippen LogP contribution in [0.2, 0.25) is 0 Å². The van der Waals surface area contributed by atoms with E-state index in [9.17, 15) is 4.79 Å². The molecule has 1 aliphatic rings. The average Bonchev–Trinajstić information content (AvgIpc) is 2.75. The van der Waals surface area contributed by atoms with Gasteiger partial charge in [0.25, 0.3) is 0 Å². The third kappa shape index (κ3) is 4.64. The molecule has 5 heteroatoms. The van der Waals surface area contributed by atoms with Gasteiger partial charge in [-0.2, -0.15) is 0 Å². The SMILES string of the molecule is Br.CCOC(=O)c1ccc2c(c1)CC(N)N(Cc1ccccc1)C2c1ccccc1. The van der Waals surface area contributed by atoms with Crippen LogP contribution in [0.4, 0.5) is 0 Å². The van der Waals surface area contributed by atoms with Crippen molar-refractivity contribution in [3.8, 4) is 0 Å². The smallest absolute Gasteiger partial charge is 0.338 e. The summed E-state index contributed by atoms with van der Waals surface area (Å²) in [6.45, 7) is 2.95. The van der Waals surface area contributed by atoms with E-state index in [2.05, 4.69) is 59.5 Å². The molecule has 0 aromatic heterocycles. The van der Waals surface area contributed by atoms with Crippen molar-refractivity contribution in [1.82, 2.24) is 4.90 Å². The largest absolute Gasteiger partial charge is 0.462 e. The van der Waals surface area contributed by atoms with E-state index in [4.69, 9.17) is 10.5 Å². The van der Waals surface area contributed by atoms with E-state index >= 15 is 0 Å². The highest BCUT2D eigenvalue weighted by Crippen LogP contribution is 2.38. The predicted molar refractivity (Wildman–Crippen MR) is 125 cm³/mol. The average molecular weight is 467 g/mol. The Balaban J connectivity index is 0.00000256. The number of esters is 1. The molecule has 2 atom stereocenters. The second kappa shape index (κ2) is 10.0. The molecule has 156 valence electrons. The maximum atomic E-state index is 12.2. The first-order chi connectivity index (χ1) is 14.2. The zero-order valence-corrected chi connectivity index (χ0v) is 18.7. The maximum absolute atomic E-state index is 12.2. The number of halogens is 1. The highest BCUT2D eigenvalue weighted by Gasteiger charge is 2.34. The Kier molecular flexibility index (Phi) is 7.43. The van der Waals surface area contributed by atoms with Gasteiger partial charge in [0.1, 0.15) is 0 Å². The van der Waals surface area contributed by atoms with Crippen molar-refractivity contribution in [2.45, 2.75) is 32.1 Å². The molecule has 0 fully saturated rings. The lowest BCUT2D eigenvalue weighted by Crippen LogP contribution is -2.48. The van der Waals surface area contributed by atoms with Gasteiger partial charge in [0.15, 0.2) is 0 Å². The van der Waals surface area contributed by atoms with E-state index in [1.807, 2.05) is 31.2 Å². The molecule has 0 bridgehead atoms. The molecule has 30 heavy (non-hydrogen) atoms. The summed E-state index contributed by atoms with van der Waals surface area (Å²) >= 11 is 0. The summed E-state index contributed by atoms with van der Waals surface area (Å²) in [6, 6.07) is 26.7.